The fraction of sp³-hybridized carbons (Fsp3) is 0.786. The quantitative estimate of drug-likeness (QED) is 0.529. The zero-order valence-corrected chi connectivity index (χ0v) is 13.1. The van der Waals surface area contributed by atoms with Gasteiger partial charge in [0.1, 0.15) is 11.6 Å². The Morgan fingerprint density at radius 1 is 1.57 bits per heavy atom. The van der Waals surface area contributed by atoms with Crippen LogP contribution in [0.5, 0.6) is 0 Å². The van der Waals surface area contributed by atoms with Crippen molar-refractivity contribution in [2.24, 2.45) is 10.9 Å². The van der Waals surface area contributed by atoms with Gasteiger partial charge in [-0.1, -0.05) is 6.92 Å². The van der Waals surface area contributed by atoms with Crippen molar-refractivity contribution in [2.75, 3.05) is 19.7 Å². The van der Waals surface area contributed by atoms with E-state index in [-0.39, 0.29) is 12.5 Å². The van der Waals surface area contributed by atoms with Crippen molar-refractivity contribution in [3.63, 3.8) is 0 Å². The van der Waals surface area contributed by atoms with Gasteiger partial charge in [0.2, 0.25) is 0 Å². The van der Waals surface area contributed by atoms with Crippen LogP contribution < -0.4 is 10.6 Å². The van der Waals surface area contributed by atoms with Gasteiger partial charge in [-0.3, -0.25) is 4.99 Å². The summed E-state index contributed by atoms with van der Waals surface area (Å²) in [4.78, 5) is 8.95. The topological polar surface area (TPSA) is 87.4 Å². The van der Waals surface area contributed by atoms with Gasteiger partial charge in [0.05, 0.1) is 6.54 Å². The minimum Gasteiger partial charge on any atom is -0.396 e. The molecule has 2 unspecified atom stereocenters. The van der Waals surface area contributed by atoms with E-state index in [1.54, 1.807) is 0 Å². The number of rotatable bonds is 5. The van der Waals surface area contributed by atoms with Gasteiger partial charge in [-0.15, -0.1) is 0 Å². The van der Waals surface area contributed by atoms with Crippen molar-refractivity contribution in [1.29, 1.82) is 0 Å². The Balaban J connectivity index is 1.95. The van der Waals surface area contributed by atoms with E-state index in [1.165, 1.54) is 0 Å². The second-order valence-corrected chi connectivity index (χ2v) is 5.64. The van der Waals surface area contributed by atoms with Gasteiger partial charge in [0.25, 0.3) is 0 Å². The average Bonchev–Trinajstić information content (AvgIpc) is 2.84. The van der Waals surface area contributed by atoms with Gasteiger partial charge in [-0.2, -0.15) is 5.10 Å². The summed E-state index contributed by atoms with van der Waals surface area (Å²) in [6.07, 6.45) is 1.96. The molecule has 2 rings (SSSR count). The Morgan fingerprint density at radius 2 is 2.38 bits per heavy atom. The number of hydrogen-bond donors (Lipinski definition) is 3. The molecule has 0 aromatic carbocycles. The van der Waals surface area contributed by atoms with Gasteiger partial charge in [0.15, 0.2) is 5.96 Å². The number of nitrogens with zero attached hydrogens (tertiary/aromatic N) is 4. The van der Waals surface area contributed by atoms with Crippen molar-refractivity contribution >= 4 is 5.96 Å². The number of hydrogen-bond acceptors (Lipinski definition) is 4. The Morgan fingerprint density at radius 3 is 3.10 bits per heavy atom. The van der Waals surface area contributed by atoms with Crippen molar-refractivity contribution in [3.05, 3.63) is 11.6 Å². The lowest BCUT2D eigenvalue weighted by molar-refractivity contribution is 0.241. The maximum Gasteiger partial charge on any atom is 0.191 e. The Bertz CT molecular complexity index is 484. The van der Waals surface area contributed by atoms with Gasteiger partial charge in [-0.25, -0.2) is 9.67 Å². The van der Waals surface area contributed by atoms with Crippen molar-refractivity contribution < 1.29 is 5.11 Å². The number of aromatic nitrogens is 3. The number of guanidine groups is 1. The minimum atomic E-state index is 0.161. The van der Waals surface area contributed by atoms with Crippen LogP contribution in [-0.4, -0.2) is 51.6 Å². The molecular formula is C14H26N6O. The predicted octanol–water partition coefficient (Wildman–Crippen LogP) is 0.0848. The highest BCUT2D eigenvalue weighted by molar-refractivity contribution is 5.80. The third-order valence-electron chi connectivity index (χ3n) is 3.52. The molecule has 21 heavy (non-hydrogen) atoms. The molecule has 1 aliphatic heterocycles. The molecular weight excluding hydrogens is 268 g/mol. The molecule has 0 saturated carbocycles. The molecule has 0 fully saturated rings. The molecule has 1 aliphatic rings. The van der Waals surface area contributed by atoms with Crippen LogP contribution in [0.3, 0.4) is 0 Å². The first kappa shape index (κ1) is 15.8. The van der Waals surface area contributed by atoms with Gasteiger partial charge < -0.3 is 15.7 Å². The van der Waals surface area contributed by atoms with Crippen LogP contribution in [0.2, 0.25) is 0 Å². The highest BCUT2D eigenvalue weighted by Crippen LogP contribution is 2.12. The smallest absolute Gasteiger partial charge is 0.191 e. The predicted molar refractivity (Wildman–Crippen MR) is 82.2 cm³/mol. The maximum atomic E-state index is 9.08. The van der Waals surface area contributed by atoms with E-state index in [4.69, 9.17) is 5.11 Å². The second-order valence-electron chi connectivity index (χ2n) is 5.64. The Kier molecular flexibility index (Phi) is 5.55. The maximum absolute atomic E-state index is 9.08. The number of aliphatic hydroxyl groups excluding tert-OH is 1. The zero-order chi connectivity index (χ0) is 15.2. The summed E-state index contributed by atoms with van der Waals surface area (Å²) in [7, 11) is 0. The Labute approximate surface area is 125 Å². The van der Waals surface area contributed by atoms with E-state index < -0.39 is 0 Å². The summed E-state index contributed by atoms with van der Waals surface area (Å²) in [6, 6.07) is 0.306. The van der Waals surface area contributed by atoms with Crippen LogP contribution in [0.25, 0.3) is 0 Å². The van der Waals surface area contributed by atoms with E-state index in [1.807, 2.05) is 25.5 Å². The van der Waals surface area contributed by atoms with Gasteiger partial charge in [-0.05, 0) is 26.2 Å². The summed E-state index contributed by atoms with van der Waals surface area (Å²) >= 11 is 0. The monoisotopic (exact) mass is 294 g/mol. The van der Waals surface area contributed by atoms with E-state index in [9.17, 15) is 0 Å². The first-order valence-electron chi connectivity index (χ1n) is 7.68. The molecule has 1 aromatic heterocycles. The molecule has 7 nitrogen and oxygen atoms in total. The lowest BCUT2D eigenvalue weighted by atomic mass is 10.1. The number of nitrogens with one attached hydrogen (secondary N) is 2. The first-order valence-corrected chi connectivity index (χ1v) is 7.68. The van der Waals surface area contributed by atoms with Crippen LogP contribution >= 0.6 is 0 Å². The minimum absolute atomic E-state index is 0.161. The van der Waals surface area contributed by atoms with Crippen LogP contribution in [0.15, 0.2) is 4.99 Å². The summed E-state index contributed by atoms with van der Waals surface area (Å²) in [6.45, 7) is 8.37. The third kappa shape index (κ3) is 4.42. The van der Waals surface area contributed by atoms with Crippen molar-refractivity contribution in [3.8, 4) is 0 Å². The Hall–Kier alpha value is -1.63. The molecule has 0 bridgehead atoms. The lowest BCUT2D eigenvalue weighted by Gasteiger charge is -2.25. The number of aliphatic hydroxyl groups is 1. The molecule has 7 heteroatoms. The molecule has 2 atom stereocenters. The summed E-state index contributed by atoms with van der Waals surface area (Å²) < 4.78 is 1.98. The molecule has 1 aromatic rings. The summed E-state index contributed by atoms with van der Waals surface area (Å²) in [5.74, 6) is 2.89. The third-order valence-corrected chi connectivity index (χ3v) is 3.52. The average molecular weight is 294 g/mol. The highest BCUT2D eigenvalue weighted by Gasteiger charge is 2.21. The fourth-order valence-corrected chi connectivity index (χ4v) is 2.37. The molecule has 118 valence electrons. The largest absolute Gasteiger partial charge is 0.396 e. The van der Waals surface area contributed by atoms with E-state index >= 15 is 0 Å². The SMILES string of the molecule is CCNC(=NCC(C)CO)NC1CCc2nc(C)nn2C1. The molecule has 0 amide bonds. The van der Waals surface area contributed by atoms with E-state index in [0.29, 0.717) is 12.6 Å². The number of aliphatic imine (C=N–C) groups is 1. The number of fused-ring (bicyclic) bond motifs is 1. The highest BCUT2D eigenvalue weighted by atomic mass is 16.3. The second kappa shape index (κ2) is 7.40. The van der Waals surface area contributed by atoms with Crippen molar-refractivity contribution in [1.82, 2.24) is 25.4 Å². The van der Waals surface area contributed by atoms with Crippen LogP contribution in [0.4, 0.5) is 0 Å². The lowest BCUT2D eigenvalue weighted by Crippen LogP contribution is -2.47. The van der Waals surface area contributed by atoms with Gasteiger partial charge >= 0.3 is 0 Å². The first-order chi connectivity index (χ1) is 10.1. The fourth-order valence-electron chi connectivity index (χ4n) is 2.37. The van der Waals surface area contributed by atoms with Crippen LogP contribution in [0.1, 0.15) is 31.9 Å². The molecule has 0 aliphatic carbocycles. The van der Waals surface area contributed by atoms with Crippen molar-refractivity contribution in [2.45, 2.75) is 46.2 Å². The standard InChI is InChI=1S/C14H26N6O/c1-4-15-14(16-7-10(2)9-21)18-12-5-6-13-17-11(3)19-20(13)8-12/h10,12,21H,4-9H2,1-3H3,(H2,15,16,18). The van der Waals surface area contributed by atoms with E-state index in [0.717, 1.165) is 43.5 Å². The zero-order valence-electron chi connectivity index (χ0n) is 13.1. The normalized spacial score (nSPS) is 20.0. The molecule has 3 N–H and O–H groups in total. The number of aryl methyl sites for hydroxylation is 2. The molecule has 2 heterocycles. The van der Waals surface area contributed by atoms with E-state index in [2.05, 4.69) is 25.7 Å². The molecule has 0 radical (unpaired) electrons. The van der Waals surface area contributed by atoms with Gasteiger partial charge in [0, 0.05) is 32.2 Å². The van der Waals surface area contributed by atoms with Crippen LogP contribution in [-0.2, 0) is 13.0 Å². The summed E-state index contributed by atoms with van der Waals surface area (Å²) in [5, 5.41) is 20.2. The molecule has 0 spiro atoms. The molecule has 0 saturated heterocycles. The van der Waals surface area contributed by atoms with Crippen LogP contribution in [0, 0.1) is 12.8 Å². The summed E-state index contributed by atoms with van der Waals surface area (Å²) in [5.41, 5.74) is 0.